The number of anilines is 1. The van der Waals surface area contributed by atoms with Crippen LogP contribution >= 0.6 is 11.3 Å². The highest BCUT2D eigenvalue weighted by atomic mass is 32.1. The van der Waals surface area contributed by atoms with Crippen LogP contribution in [-0.2, 0) is 0 Å². The molecule has 0 fully saturated rings. The largest absolute Gasteiger partial charge is 0.343 e. The van der Waals surface area contributed by atoms with Crippen LogP contribution < -0.4 is 10.6 Å². The zero-order chi connectivity index (χ0) is 12.3. The molecule has 2 rings (SSSR count). The summed E-state index contributed by atoms with van der Waals surface area (Å²) in [6.07, 6.45) is 3.74. The van der Waals surface area contributed by atoms with Gasteiger partial charge < -0.3 is 10.6 Å². The molecule has 0 unspecified atom stereocenters. The van der Waals surface area contributed by atoms with Crippen molar-refractivity contribution in [2.45, 2.75) is 6.92 Å². The van der Waals surface area contributed by atoms with Crippen molar-refractivity contribution in [3.63, 3.8) is 0 Å². The summed E-state index contributed by atoms with van der Waals surface area (Å²) in [7, 11) is 1.94. The molecule has 0 aliphatic carbocycles. The maximum atomic E-state index is 5.50. The Morgan fingerprint density at radius 2 is 2.06 bits per heavy atom. The van der Waals surface area contributed by atoms with E-state index in [0.717, 1.165) is 12.1 Å². The van der Waals surface area contributed by atoms with Crippen molar-refractivity contribution in [3.8, 4) is 10.4 Å². The Morgan fingerprint density at radius 3 is 2.59 bits per heavy atom. The molecule has 2 heterocycles. The summed E-state index contributed by atoms with van der Waals surface area (Å²) in [5.41, 5.74) is 7.84. The summed E-state index contributed by atoms with van der Waals surface area (Å²) < 4.78 is 0. The number of likely N-dealkylation sites (N-methyl/N-ethyl adjacent to an activating group) is 1. The maximum Gasteiger partial charge on any atom is 0.225 e. The van der Waals surface area contributed by atoms with Crippen molar-refractivity contribution in [1.29, 1.82) is 0 Å². The summed E-state index contributed by atoms with van der Waals surface area (Å²) >= 11 is 1.71. The lowest BCUT2D eigenvalue weighted by Crippen LogP contribution is -2.26. The zero-order valence-corrected chi connectivity index (χ0v) is 10.9. The van der Waals surface area contributed by atoms with Gasteiger partial charge in [0.2, 0.25) is 5.95 Å². The smallest absolute Gasteiger partial charge is 0.225 e. The normalized spacial score (nSPS) is 10.5. The number of nitrogens with zero attached hydrogens (tertiary/aromatic N) is 3. The van der Waals surface area contributed by atoms with E-state index in [4.69, 9.17) is 5.73 Å². The van der Waals surface area contributed by atoms with E-state index in [1.165, 1.54) is 10.4 Å². The van der Waals surface area contributed by atoms with Crippen molar-refractivity contribution in [1.82, 2.24) is 9.97 Å². The average molecular weight is 248 g/mol. The van der Waals surface area contributed by atoms with Gasteiger partial charge >= 0.3 is 0 Å². The molecular weight excluding hydrogens is 232 g/mol. The van der Waals surface area contributed by atoms with E-state index in [2.05, 4.69) is 28.3 Å². The Balaban J connectivity index is 2.21. The van der Waals surface area contributed by atoms with Gasteiger partial charge in [-0.25, -0.2) is 9.97 Å². The van der Waals surface area contributed by atoms with Gasteiger partial charge in [-0.3, -0.25) is 0 Å². The predicted octanol–water partition coefficient (Wildman–Crippen LogP) is 1.91. The van der Waals surface area contributed by atoms with Crippen molar-refractivity contribution >= 4 is 17.3 Å². The first-order valence-corrected chi connectivity index (χ1v) is 6.38. The van der Waals surface area contributed by atoms with E-state index in [9.17, 15) is 0 Å². The van der Waals surface area contributed by atoms with Crippen molar-refractivity contribution in [2.24, 2.45) is 5.73 Å². The van der Waals surface area contributed by atoms with Crippen LogP contribution in [0.25, 0.3) is 10.4 Å². The molecule has 2 aromatic heterocycles. The summed E-state index contributed by atoms with van der Waals surface area (Å²) in [4.78, 5) is 11.9. The van der Waals surface area contributed by atoms with Gasteiger partial charge in [-0.05, 0) is 23.9 Å². The molecule has 0 saturated heterocycles. The van der Waals surface area contributed by atoms with Crippen LogP contribution in [0, 0.1) is 6.92 Å². The Hall–Kier alpha value is -1.46. The molecule has 0 aliphatic heterocycles. The third-order valence-electron chi connectivity index (χ3n) is 2.57. The lowest BCUT2D eigenvalue weighted by Gasteiger charge is -2.15. The third kappa shape index (κ3) is 2.62. The number of hydrogen-bond donors (Lipinski definition) is 1. The third-order valence-corrected chi connectivity index (χ3v) is 3.63. The lowest BCUT2D eigenvalue weighted by molar-refractivity contribution is 0.846. The fraction of sp³-hybridized carbons (Fsp3) is 0.333. The molecule has 0 atom stereocenters. The Bertz CT molecular complexity index is 478. The molecule has 2 N–H and O–H groups in total. The zero-order valence-electron chi connectivity index (χ0n) is 10.1. The molecule has 0 radical (unpaired) electrons. The van der Waals surface area contributed by atoms with Crippen LogP contribution in [-0.4, -0.2) is 30.1 Å². The number of thiophene rings is 1. The summed E-state index contributed by atoms with van der Waals surface area (Å²) in [5, 5.41) is 2.08. The van der Waals surface area contributed by atoms with Crippen LogP contribution in [0.1, 0.15) is 5.56 Å². The highest BCUT2D eigenvalue weighted by molar-refractivity contribution is 7.13. The number of aryl methyl sites for hydroxylation is 1. The van der Waals surface area contributed by atoms with Crippen molar-refractivity contribution in [2.75, 3.05) is 25.0 Å². The van der Waals surface area contributed by atoms with Gasteiger partial charge in [-0.15, -0.1) is 11.3 Å². The summed E-state index contributed by atoms with van der Waals surface area (Å²) in [5.74, 6) is 0.716. The second kappa shape index (κ2) is 5.25. The molecule has 0 aromatic carbocycles. The van der Waals surface area contributed by atoms with Crippen LogP contribution in [0.15, 0.2) is 23.8 Å². The maximum absolute atomic E-state index is 5.50. The van der Waals surface area contributed by atoms with Gasteiger partial charge in [0.25, 0.3) is 0 Å². The van der Waals surface area contributed by atoms with Gasteiger partial charge in [0, 0.05) is 43.0 Å². The van der Waals surface area contributed by atoms with E-state index in [0.29, 0.717) is 12.5 Å². The summed E-state index contributed by atoms with van der Waals surface area (Å²) in [6.45, 7) is 3.46. The topological polar surface area (TPSA) is 55.0 Å². The molecule has 0 aliphatic rings. The molecule has 17 heavy (non-hydrogen) atoms. The van der Waals surface area contributed by atoms with E-state index in [1.807, 2.05) is 24.3 Å². The van der Waals surface area contributed by atoms with E-state index < -0.39 is 0 Å². The highest BCUT2D eigenvalue weighted by Crippen LogP contribution is 2.28. The first kappa shape index (κ1) is 12.0. The number of nitrogens with two attached hydrogens (primary N) is 1. The van der Waals surface area contributed by atoms with Crippen molar-refractivity contribution < 1.29 is 0 Å². The number of hydrogen-bond acceptors (Lipinski definition) is 5. The van der Waals surface area contributed by atoms with Gasteiger partial charge in [0.1, 0.15) is 0 Å². The van der Waals surface area contributed by atoms with Gasteiger partial charge in [0.15, 0.2) is 0 Å². The van der Waals surface area contributed by atoms with E-state index in [1.54, 1.807) is 11.3 Å². The van der Waals surface area contributed by atoms with Crippen LogP contribution in [0.3, 0.4) is 0 Å². The minimum absolute atomic E-state index is 0.603. The van der Waals surface area contributed by atoms with E-state index >= 15 is 0 Å². The molecule has 0 spiro atoms. The van der Waals surface area contributed by atoms with Crippen LogP contribution in [0.2, 0.25) is 0 Å². The molecule has 0 amide bonds. The molecule has 2 aromatic rings. The lowest BCUT2D eigenvalue weighted by atomic mass is 10.2. The SMILES string of the molecule is Cc1ccsc1-c1cnc(N(C)CCN)nc1. The van der Waals surface area contributed by atoms with Gasteiger partial charge in [0.05, 0.1) is 0 Å². The molecule has 0 bridgehead atoms. The monoisotopic (exact) mass is 248 g/mol. The Morgan fingerprint density at radius 1 is 1.35 bits per heavy atom. The minimum atomic E-state index is 0.603. The number of aromatic nitrogens is 2. The molecule has 4 nitrogen and oxygen atoms in total. The summed E-state index contributed by atoms with van der Waals surface area (Å²) in [6, 6.07) is 2.11. The first-order valence-electron chi connectivity index (χ1n) is 5.50. The average Bonchev–Trinajstić information content (AvgIpc) is 2.76. The standard InChI is InChI=1S/C12H16N4S/c1-9-3-6-17-11(9)10-7-14-12(15-8-10)16(2)5-4-13/h3,6-8H,4-5,13H2,1-2H3. The second-order valence-electron chi connectivity index (χ2n) is 3.91. The first-order chi connectivity index (χ1) is 8.22. The molecule has 5 heteroatoms. The molecule has 0 saturated carbocycles. The van der Waals surface area contributed by atoms with Gasteiger partial charge in [-0.2, -0.15) is 0 Å². The van der Waals surface area contributed by atoms with Crippen LogP contribution in [0.5, 0.6) is 0 Å². The number of rotatable bonds is 4. The minimum Gasteiger partial charge on any atom is -0.343 e. The Labute approximate surface area is 105 Å². The van der Waals surface area contributed by atoms with Crippen molar-refractivity contribution in [3.05, 3.63) is 29.4 Å². The predicted molar refractivity (Wildman–Crippen MR) is 72.4 cm³/mol. The van der Waals surface area contributed by atoms with E-state index in [-0.39, 0.29) is 0 Å². The fourth-order valence-electron chi connectivity index (χ4n) is 1.60. The molecule has 90 valence electrons. The van der Waals surface area contributed by atoms with Crippen LogP contribution in [0.4, 0.5) is 5.95 Å². The highest BCUT2D eigenvalue weighted by Gasteiger charge is 2.06. The Kier molecular flexibility index (Phi) is 3.71. The van der Waals surface area contributed by atoms with Gasteiger partial charge in [-0.1, -0.05) is 0 Å². The molecular formula is C12H16N4S. The second-order valence-corrected chi connectivity index (χ2v) is 4.83. The fourth-order valence-corrected chi connectivity index (χ4v) is 2.50. The quantitative estimate of drug-likeness (QED) is 0.898.